The van der Waals surface area contributed by atoms with Crippen LogP contribution in [0.25, 0.3) is 0 Å². The van der Waals surface area contributed by atoms with Gasteiger partial charge in [0.05, 0.1) is 0 Å². The van der Waals surface area contributed by atoms with E-state index in [9.17, 15) is 4.79 Å². The Morgan fingerprint density at radius 2 is 1.87 bits per heavy atom. The number of hydrogen-bond donors (Lipinski definition) is 1. The summed E-state index contributed by atoms with van der Waals surface area (Å²) in [7, 11) is 0. The van der Waals surface area contributed by atoms with Crippen LogP contribution >= 0.6 is 0 Å². The second-order valence-electron chi connectivity index (χ2n) is 5.85. The van der Waals surface area contributed by atoms with E-state index in [0.717, 1.165) is 18.8 Å². The Morgan fingerprint density at radius 1 is 1.13 bits per heavy atom. The molecule has 120 valence electrons. The molecule has 1 heterocycles. The Kier molecular flexibility index (Phi) is 4.81. The van der Waals surface area contributed by atoms with Crippen molar-refractivity contribution in [1.29, 1.82) is 0 Å². The molecule has 1 amide bonds. The lowest BCUT2D eigenvalue weighted by Gasteiger charge is -2.20. The molecule has 3 rings (SSSR count). The van der Waals surface area contributed by atoms with Crippen molar-refractivity contribution in [1.82, 2.24) is 0 Å². The predicted molar refractivity (Wildman–Crippen MR) is 93.2 cm³/mol. The van der Waals surface area contributed by atoms with Gasteiger partial charge in [-0.25, -0.2) is 0 Å². The lowest BCUT2D eigenvalue weighted by atomic mass is 10.1. The molecule has 0 unspecified atom stereocenters. The summed E-state index contributed by atoms with van der Waals surface area (Å²) in [5, 5.41) is 2.89. The Labute approximate surface area is 137 Å². The molecule has 0 radical (unpaired) electrons. The number of rotatable bonds is 5. The van der Waals surface area contributed by atoms with Crippen LogP contribution in [0.2, 0.25) is 0 Å². The SMILES string of the molecule is Cc1cc(NC(=O)COc2ccccc2)ccc1N1CCCC1. The summed E-state index contributed by atoms with van der Waals surface area (Å²) < 4.78 is 5.45. The molecule has 0 bridgehead atoms. The average Bonchev–Trinajstić information content (AvgIpc) is 3.08. The minimum Gasteiger partial charge on any atom is -0.484 e. The summed E-state index contributed by atoms with van der Waals surface area (Å²) in [4.78, 5) is 14.4. The van der Waals surface area contributed by atoms with Gasteiger partial charge in [-0.2, -0.15) is 0 Å². The molecule has 0 saturated carbocycles. The zero-order valence-corrected chi connectivity index (χ0v) is 13.4. The minimum atomic E-state index is -0.151. The van der Waals surface area contributed by atoms with Crippen LogP contribution in [0.4, 0.5) is 11.4 Å². The van der Waals surface area contributed by atoms with Gasteiger partial charge in [-0.3, -0.25) is 4.79 Å². The summed E-state index contributed by atoms with van der Waals surface area (Å²) in [5.74, 6) is 0.547. The minimum absolute atomic E-state index is 0.0109. The van der Waals surface area contributed by atoms with Crippen molar-refractivity contribution < 1.29 is 9.53 Å². The van der Waals surface area contributed by atoms with Crippen molar-refractivity contribution in [3.05, 3.63) is 54.1 Å². The second-order valence-corrected chi connectivity index (χ2v) is 5.85. The van der Waals surface area contributed by atoms with Gasteiger partial charge in [-0.15, -0.1) is 0 Å². The number of aryl methyl sites for hydroxylation is 1. The molecule has 1 N–H and O–H groups in total. The predicted octanol–water partition coefficient (Wildman–Crippen LogP) is 3.61. The molecular formula is C19H22N2O2. The van der Waals surface area contributed by atoms with Gasteiger partial charge in [0.2, 0.25) is 0 Å². The molecule has 4 heteroatoms. The highest BCUT2D eigenvalue weighted by Crippen LogP contribution is 2.26. The van der Waals surface area contributed by atoms with Crippen molar-refractivity contribution >= 4 is 17.3 Å². The molecule has 23 heavy (non-hydrogen) atoms. The maximum atomic E-state index is 12.0. The first kappa shape index (κ1) is 15.4. The first-order chi connectivity index (χ1) is 11.2. The highest BCUT2D eigenvalue weighted by Gasteiger charge is 2.14. The molecule has 4 nitrogen and oxygen atoms in total. The normalized spacial score (nSPS) is 13.9. The zero-order valence-electron chi connectivity index (χ0n) is 13.4. The number of hydrogen-bond acceptors (Lipinski definition) is 3. The van der Waals surface area contributed by atoms with Crippen LogP contribution in [-0.2, 0) is 4.79 Å². The fraction of sp³-hybridized carbons (Fsp3) is 0.316. The van der Waals surface area contributed by atoms with Gasteiger partial charge in [0.25, 0.3) is 5.91 Å². The van der Waals surface area contributed by atoms with Gasteiger partial charge < -0.3 is 15.0 Å². The van der Waals surface area contributed by atoms with Crippen molar-refractivity contribution in [2.75, 3.05) is 29.9 Å². The van der Waals surface area contributed by atoms with Crippen molar-refractivity contribution in [3.63, 3.8) is 0 Å². The highest BCUT2D eigenvalue weighted by atomic mass is 16.5. The van der Waals surface area contributed by atoms with Gasteiger partial charge in [0.1, 0.15) is 5.75 Å². The summed E-state index contributed by atoms with van der Waals surface area (Å²) >= 11 is 0. The molecule has 2 aromatic rings. The van der Waals surface area contributed by atoms with E-state index in [1.54, 1.807) is 0 Å². The summed E-state index contributed by atoms with van der Waals surface area (Å²) in [6.45, 7) is 4.34. The molecular weight excluding hydrogens is 288 g/mol. The fourth-order valence-electron chi connectivity index (χ4n) is 2.91. The number of ether oxygens (including phenoxy) is 1. The van der Waals surface area contributed by atoms with Crippen LogP contribution in [0, 0.1) is 6.92 Å². The first-order valence-corrected chi connectivity index (χ1v) is 8.06. The van der Waals surface area contributed by atoms with Crippen LogP contribution in [-0.4, -0.2) is 25.6 Å². The maximum absolute atomic E-state index is 12.0. The van der Waals surface area contributed by atoms with Crippen LogP contribution in [0.1, 0.15) is 18.4 Å². The number of nitrogens with one attached hydrogen (secondary N) is 1. The van der Waals surface area contributed by atoms with Gasteiger partial charge >= 0.3 is 0 Å². The highest BCUT2D eigenvalue weighted by molar-refractivity contribution is 5.92. The van der Waals surface area contributed by atoms with Gasteiger partial charge in [0.15, 0.2) is 6.61 Å². The van der Waals surface area contributed by atoms with Crippen molar-refractivity contribution in [2.24, 2.45) is 0 Å². The molecule has 1 saturated heterocycles. The van der Waals surface area contributed by atoms with Crippen LogP contribution in [0.5, 0.6) is 5.75 Å². The average molecular weight is 310 g/mol. The molecule has 1 aliphatic rings. The number of nitrogens with zero attached hydrogens (tertiary/aromatic N) is 1. The summed E-state index contributed by atoms with van der Waals surface area (Å²) in [6.07, 6.45) is 2.52. The maximum Gasteiger partial charge on any atom is 0.262 e. The van der Waals surface area contributed by atoms with E-state index in [1.807, 2.05) is 42.5 Å². The van der Waals surface area contributed by atoms with Gasteiger partial charge in [-0.1, -0.05) is 18.2 Å². The molecule has 2 aromatic carbocycles. The third-order valence-electron chi connectivity index (χ3n) is 4.04. The third-order valence-corrected chi connectivity index (χ3v) is 4.04. The topological polar surface area (TPSA) is 41.6 Å². The van der Waals surface area contributed by atoms with E-state index in [4.69, 9.17) is 4.74 Å². The van der Waals surface area contributed by atoms with E-state index in [1.165, 1.54) is 24.1 Å². The largest absolute Gasteiger partial charge is 0.484 e. The van der Waals surface area contributed by atoms with E-state index >= 15 is 0 Å². The van der Waals surface area contributed by atoms with Crippen LogP contribution < -0.4 is 15.0 Å². The zero-order chi connectivity index (χ0) is 16.1. The third kappa shape index (κ3) is 4.03. The van der Waals surface area contributed by atoms with E-state index in [-0.39, 0.29) is 12.5 Å². The Balaban J connectivity index is 1.57. The number of anilines is 2. The number of para-hydroxylation sites is 1. The molecule has 1 fully saturated rings. The smallest absolute Gasteiger partial charge is 0.262 e. The van der Waals surface area contributed by atoms with E-state index in [2.05, 4.69) is 23.2 Å². The van der Waals surface area contributed by atoms with Crippen molar-refractivity contribution in [3.8, 4) is 5.75 Å². The monoisotopic (exact) mass is 310 g/mol. The Bertz CT molecular complexity index is 664. The number of amides is 1. The standard InChI is InChI=1S/C19H22N2O2/c1-15-13-16(9-10-18(15)21-11-5-6-12-21)20-19(22)14-23-17-7-3-2-4-8-17/h2-4,7-10,13H,5-6,11-12,14H2,1H3,(H,20,22). The number of carbonyl (C=O) groups excluding carboxylic acids is 1. The quantitative estimate of drug-likeness (QED) is 0.917. The van der Waals surface area contributed by atoms with Gasteiger partial charge in [0, 0.05) is 24.5 Å². The van der Waals surface area contributed by atoms with Crippen LogP contribution in [0.3, 0.4) is 0 Å². The summed E-state index contributed by atoms with van der Waals surface area (Å²) in [6, 6.07) is 15.4. The number of carbonyl (C=O) groups is 1. The number of benzene rings is 2. The van der Waals surface area contributed by atoms with Gasteiger partial charge in [-0.05, 0) is 55.7 Å². The lowest BCUT2D eigenvalue weighted by molar-refractivity contribution is -0.118. The molecule has 0 spiro atoms. The second kappa shape index (κ2) is 7.18. The van der Waals surface area contributed by atoms with E-state index < -0.39 is 0 Å². The Hall–Kier alpha value is -2.49. The van der Waals surface area contributed by atoms with Crippen molar-refractivity contribution in [2.45, 2.75) is 19.8 Å². The Morgan fingerprint density at radius 3 is 2.57 bits per heavy atom. The summed E-state index contributed by atoms with van der Waals surface area (Å²) in [5.41, 5.74) is 3.27. The molecule has 0 atom stereocenters. The first-order valence-electron chi connectivity index (χ1n) is 8.06. The molecule has 0 aliphatic carbocycles. The van der Waals surface area contributed by atoms with E-state index in [0.29, 0.717) is 5.75 Å². The molecule has 0 aromatic heterocycles. The fourth-order valence-corrected chi connectivity index (χ4v) is 2.91. The molecule has 1 aliphatic heterocycles. The lowest BCUT2D eigenvalue weighted by Crippen LogP contribution is -2.21. The van der Waals surface area contributed by atoms with Crippen LogP contribution in [0.15, 0.2) is 48.5 Å².